The van der Waals surface area contributed by atoms with Crippen molar-refractivity contribution in [2.75, 3.05) is 19.7 Å². The Morgan fingerprint density at radius 1 is 1.31 bits per heavy atom. The number of piperidine rings is 1. The van der Waals surface area contributed by atoms with E-state index in [9.17, 15) is 9.59 Å². The molecule has 0 radical (unpaired) electrons. The van der Waals surface area contributed by atoms with E-state index in [2.05, 4.69) is 12.1 Å². The molecule has 1 amide bonds. The first-order valence-corrected chi connectivity index (χ1v) is 9.01. The molecule has 0 spiro atoms. The van der Waals surface area contributed by atoms with Crippen LogP contribution in [-0.4, -0.2) is 41.6 Å². The summed E-state index contributed by atoms with van der Waals surface area (Å²) in [6.45, 7) is 4.91. The minimum atomic E-state index is -0.641. The Morgan fingerprint density at radius 2 is 2.00 bits per heavy atom. The van der Waals surface area contributed by atoms with Crippen LogP contribution in [0.4, 0.5) is 0 Å². The average Bonchev–Trinajstić information content (AvgIpc) is 3.02. The lowest BCUT2D eigenvalue weighted by Crippen LogP contribution is -2.40. The van der Waals surface area contributed by atoms with E-state index >= 15 is 0 Å². The van der Waals surface area contributed by atoms with Crippen LogP contribution >= 0.6 is 11.6 Å². The van der Waals surface area contributed by atoms with Gasteiger partial charge in [-0.3, -0.25) is 4.79 Å². The van der Waals surface area contributed by atoms with Crippen LogP contribution in [0.25, 0.3) is 11.3 Å². The van der Waals surface area contributed by atoms with Crippen molar-refractivity contribution in [2.24, 2.45) is 5.92 Å². The standard InChI is InChI=1S/C19H21ClN2O4/c1-12-7-9-22(10-8-12)16(23)11-25-19(24)17-13(2)26-21-18(17)14-5-3-4-6-15(14)20/h3-6,12H,7-11H2,1-2H3. The van der Waals surface area contributed by atoms with Gasteiger partial charge in [0, 0.05) is 18.7 Å². The molecule has 3 rings (SSSR count). The van der Waals surface area contributed by atoms with Gasteiger partial charge in [0.1, 0.15) is 17.0 Å². The molecular weight excluding hydrogens is 356 g/mol. The van der Waals surface area contributed by atoms with Crippen molar-refractivity contribution in [1.82, 2.24) is 10.1 Å². The molecule has 1 aliphatic heterocycles. The van der Waals surface area contributed by atoms with Crippen LogP contribution in [0.1, 0.15) is 35.9 Å². The fraction of sp³-hybridized carbons (Fsp3) is 0.421. The molecule has 1 fully saturated rings. The van der Waals surface area contributed by atoms with Crippen molar-refractivity contribution in [3.8, 4) is 11.3 Å². The van der Waals surface area contributed by atoms with Gasteiger partial charge in [-0.1, -0.05) is 41.9 Å². The number of hydrogen-bond acceptors (Lipinski definition) is 5. The maximum atomic E-state index is 12.5. The predicted octanol–water partition coefficient (Wildman–Crippen LogP) is 3.72. The summed E-state index contributed by atoms with van der Waals surface area (Å²) in [6.07, 6.45) is 1.95. The van der Waals surface area contributed by atoms with Crippen molar-refractivity contribution in [3.05, 3.63) is 40.6 Å². The van der Waals surface area contributed by atoms with Crippen LogP contribution in [-0.2, 0) is 9.53 Å². The molecule has 1 aromatic heterocycles. The topological polar surface area (TPSA) is 72.6 Å². The number of rotatable bonds is 4. The van der Waals surface area contributed by atoms with E-state index in [0.717, 1.165) is 12.8 Å². The number of amides is 1. The SMILES string of the molecule is Cc1onc(-c2ccccc2Cl)c1C(=O)OCC(=O)N1CCC(C)CC1. The minimum Gasteiger partial charge on any atom is -0.452 e. The predicted molar refractivity (Wildman–Crippen MR) is 96.9 cm³/mol. The summed E-state index contributed by atoms with van der Waals surface area (Å²) >= 11 is 6.19. The highest BCUT2D eigenvalue weighted by Crippen LogP contribution is 2.31. The number of benzene rings is 1. The lowest BCUT2D eigenvalue weighted by atomic mass is 9.99. The molecule has 1 aliphatic rings. The third-order valence-corrected chi connectivity index (χ3v) is 4.99. The summed E-state index contributed by atoms with van der Waals surface area (Å²) in [7, 11) is 0. The van der Waals surface area contributed by atoms with Crippen molar-refractivity contribution < 1.29 is 18.8 Å². The summed E-state index contributed by atoms with van der Waals surface area (Å²) in [4.78, 5) is 26.5. The fourth-order valence-electron chi connectivity index (χ4n) is 3.00. The zero-order chi connectivity index (χ0) is 18.7. The van der Waals surface area contributed by atoms with Crippen molar-refractivity contribution >= 4 is 23.5 Å². The highest BCUT2D eigenvalue weighted by atomic mass is 35.5. The van der Waals surface area contributed by atoms with Crippen LogP contribution < -0.4 is 0 Å². The van der Waals surface area contributed by atoms with Crippen LogP contribution in [0.3, 0.4) is 0 Å². The zero-order valence-electron chi connectivity index (χ0n) is 14.8. The number of hydrogen-bond donors (Lipinski definition) is 0. The highest BCUT2D eigenvalue weighted by Gasteiger charge is 2.26. The average molecular weight is 377 g/mol. The number of nitrogens with zero attached hydrogens (tertiary/aromatic N) is 2. The molecule has 6 nitrogen and oxygen atoms in total. The summed E-state index contributed by atoms with van der Waals surface area (Å²) < 4.78 is 10.4. The van der Waals surface area contributed by atoms with Crippen LogP contribution in [0.5, 0.6) is 0 Å². The first-order valence-electron chi connectivity index (χ1n) is 8.63. The molecule has 1 saturated heterocycles. The van der Waals surface area contributed by atoms with Crippen LogP contribution in [0, 0.1) is 12.8 Å². The largest absolute Gasteiger partial charge is 0.452 e. The second-order valence-electron chi connectivity index (χ2n) is 6.58. The number of carbonyl (C=O) groups excluding carboxylic acids is 2. The summed E-state index contributed by atoms with van der Waals surface area (Å²) in [5, 5.41) is 4.39. The van der Waals surface area contributed by atoms with Crippen molar-refractivity contribution in [3.63, 3.8) is 0 Å². The van der Waals surface area contributed by atoms with Gasteiger partial charge in [-0.2, -0.15) is 0 Å². The molecule has 0 atom stereocenters. The Morgan fingerprint density at radius 3 is 2.69 bits per heavy atom. The van der Waals surface area contributed by atoms with Gasteiger partial charge >= 0.3 is 5.97 Å². The first-order chi connectivity index (χ1) is 12.5. The zero-order valence-corrected chi connectivity index (χ0v) is 15.6. The molecule has 1 aromatic carbocycles. The number of likely N-dealkylation sites (tertiary alicyclic amines) is 1. The molecule has 0 unspecified atom stereocenters. The maximum Gasteiger partial charge on any atom is 0.344 e. The molecule has 138 valence electrons. The van der Waals surface area contributed by atoms with E-state index in [4.69, 9.17) is 20.9 Å². The minimum absolute atomic E-state index is 0.182. The summed E-state index contributed by atoms with van der Waals surface area (Å²) in [5.74, 6) is 0.125. The number of aromatic nitrogens is 1. The molecule has 0 bridgehead atoms. The van der Waals surface area contributed by atoms with Crippen molar-refractivity contribution in [2.45, 2.75) is 26.7 Å². The Kier molecular flexibility index (Phi) is 5.61. The second kappa shape index (κ2) is 7.91. The van der Waals surface area contributed by atoms with Crippen LogP contribution in [0.2, 0.25) is 5.02 Å². The molecule has 2 aromatic rings. The fourth-order valence-corrected chi connectivity index (χ4v) is 3.22. The van der Waals surface area contributed by atoms with Gasteiger partial charge in [-0.05, 0) is 31.7 Å². The van der Waals surface area contributed by atoms with Gasteiger partial charge in [0.25, 0.3) is 5.91 Å². The Balaban J connectivity index is 1.70. The number of halogens is 1. The molecule has 7 heteroatoms. The van der Waals surface area contributed by atoms with E-state index < -0.39 is 5.97 Å². The maximum absolute atomic E-state index is 12.5. The van der Waals surface area contributed by atoms with Crippen LogP contribution in [0.15, 0.2) is 28.8 Å². The van der Waals surface area contributed by atoms with Gasteiger partial charge in [0.05, 0.1) is 5.02 Å². The van der Waals surface area contributed by atoms with E-state index in [1.165, 1.54) is 0 Å². The molecule has 0 aliphatic carbocycles. The van der Waals surface area contributed by atoms with E-state index in [0.29, 0.717) is 41.0 Å². The number of aryl methyl sites for hydroxylation is 1. The Bertz CT molecular complexity index is 810. The van der Waals surface area contributed by atoms with Gasteiger partial charge < -0.3 is 14.2 Å². The smallest absolute Gasteiger partial charge is 0.344 e. The lowest BCUT2D eigenvalue weighted by molar-refractivity contribution is -0.135. The van der Waals surface area contributed by atoms with E-state index in [1.54, 1.807) is 36.1 Å². The molecule has 26 heavy (non-hydrogen) atoms. The number of ether oxygens (including phenoxy) is 1. The molecule has 0 saturated carbocycles. The molecule has 2 heterocycles. The summed E-state index contributed by atoms with van der Waals surface area (Å²) in [6, 6.07) is 7.03. The van der Waals surface area contributed by atoms with Gasteiger partial charge in [0.15, 0.2) is 6.61 Å². The number of carbonyl (C=O) groups is 2. The highest BCUT2D eigenvalue weighted by molar-refractivity contribution is 6.33. The first kappa shape index (κ1) is 18.5. The second-order valence-corrected chi connectivity index (χ2v) is 6.99. The normalized spacial score (nSPS) is 15.1. The summed E-state index contributed by atoms with van der Waals surface area (Å²) in [5.41, 5.74) is 1.09. The molecule has 0 N–H and O–H groups in total. The Labute approximate surface area is 157 Å². The van der Waals surface area contributed by atoms with Gasteiger partial charge in [-0.25, -0.2) is 4.79 Å². The Hall–Kier alpha value is -2.34. The van der Waals surface area contributed by atoms with Crippen molar-refractivity contribution in [1.29, 1.82) is 0 Å². The quantitative estimate of drug-likeness (QED) is 0.760. The third-order valence-electron chi connectivity index (χ3n) is 4.66. The third kappa shape index (κ3) is 3.90. The van der Waals surface area contributed by atoms with Gasteiger partial charge in [0.2, 0.25) is 0 Å². The van der Waals surface area contributed by atoms with E-state index in [1.807, 2.05) is 0 Å². The molecular formula is C19H21ClN2O4. The van der Waals surface area contributed by atoms with E-state index in [-0.39, 0.29) is 18.1 Å². The monoisotopic (exact) mass is 376 g/mol. The lowest BCUT2D eigenvalue weighted by Gasteiger charge is -2.30. The number of esters is 1. The van der Waals surface area contributed by atoms with Gasteiger partial charge in [-0.15, -0.1) is 0 Å².